The van der Waals surface area contributed by atoms with Crippen molar-refractivity contribution in [1.29, 1.82) is 0 Å². The van der Waals surface area contributed by atoms with E-state index in [0.29, 0.717) is 5.92 Å². The molecule has 2 nitrogen and oxygen atoms in total. The smallest absolute Gasteiger partial charge is 0.0552 e. The first-order valence-electron chi connectivity index (χ1n) is 7.81. The van der Waals surface area contributed by atoms with Crippen LogP contribution < -0.4 is 10.6 Å². The van der Waals surface area contributed by atoms with Crippen molar-refractivity contribution in [3.8, 4) is 0 Å². The van der Waals surface area contributed by atoms with E-state index in [-0.39, 0.29) is 6.10 Å². The van der Waals surface area contributed by atoms with Gasteiger partial charge < -0.3 is 10.1 Å². The zero-order valence-electron chi connectivity index (χ0n) is 13.5. The lowest BCUT2D eigenvalue weighted by atomic mass is 9.76. The van der Waals surface area contributed by atoms with Crippen molar-refractivity contribution in [1.82, 2.24) is 4.98 Å². The van der Waals surface area contributed by atoms with Crippen LogP contribution >= 0.6 is 0 Å². The standard InChI is InChI=1S/C20H25NO/c1-5-9-14(10-6-2)20-19(15-12-16(22)13-15)17(11-7-3)18(8-4)21-20/h5-11,15-16,21-22H,1,3,12-13H2,2,4H3/b10-6-,14-9+,17-11+,18-8+. The number of nitrogens with one attached hydrogen (secondary N) is 1. The second-order valence-corrected chi connectivity index (χ2v) is 5.61. The van der Waals surface area contributed by atoms with Gasteiger partial charge in [-0.25, -0.2) is 0 Å². The van der Waals surface area contributed by atoms with Crippen molar-refractivity contribution in [2.75, 3.05) is 0 Å². The summed E-state index contributed by atoms with van der Waals surface area (Å²) in [7, 11) is 0. The van der Waals surface area contributed by atoms with Crippen LogP contribution in [-0.4, -0.2) is 16.2 Å². The number of allylic oxidation sites excluding steroid dienone is 6. The van der Waals surface area contributed by atoms with Gasteiger partial charge in [0.2, 0.25) is 0 Å². The Labute approximate surface area is 132 Å². The fourth-order valence-electron chi connectivity index (χ4n) is 3.08. The minimum Gasteiger partial charge on any atom is -0.393 e. The van der Waals surface area contributed by atoms with E-state index in [9.17, 15) is 5.11 Å². The molecule has 1 fully saturated rings. The molecule has 1 aliphatic carbocycles. The van der Waals surface area contributed by atoms with Crippen molar-refractivity contribution in [2.45, 2.75) is 38.7 Å². The van der Waals surface area contributed by atoms with Crippen molar-refractivity contribution in [3.05, 3.63) is 65.4 Å². The van der Waals surface area contributed by atoms with Gasteiger partial charge in [-0.2, -0.15) is 0 Å². The van der Waals surface area contributed by atoms with Crippen molar-refractivity contribution in [2.24, 2.45) is 0 Å². The van der Waals surface area contributed by atoms with Gasteiger partial charge in [-0.15, -0.1) is 0 Å². The molecule has 0 saturated heterocycles. The largest absolute Gasteiger partial charge is 0.393 e. The van der Waals surface area contributed by atoms with Crippen LogP contribution in [0.25, 0.3) is 17.7 Å². The number of hydrogen-bond donors (Lipinski definition) is 2. The van der Waals surface area contributed by atoms with Crippen LogP contribution in [0.5, 0.6) is 0 Å². The molecule has 0 bridgehead atoms. The Bertz CT molecular complexity index is 724. The molecule has 0 radical (unpaired) electrons. The summed E-state index contributed by atoms with van der Waals surface area (Å²) >= 11 is 0. The summed E-state index contributed by atoms with van der Waals surface area (Å²) in [5, 5.41) is 12.0. The second-order valence-electron chi connectivity index (χ2n) is 5.61. The molecule has 2 N–H and O–H groups in total. The van der Waals surface area contributed by atoms with Gasteiger partial charge in [-0.05, 0) is 43.7 Å². The van der Waals surface area contributed by atoms with E-state index in [2.05, 4.69) is 36.4 Å². The average Bonchev–Trinajstić information content (AvgIpc) is 2.82. The van der Waals surface area contributed by atoms with Crippen LogP contribution in [-0.2, 0) is 0 Å². The van der Waals surface area contributed by atoms with Gasteiger partial charge in [0.25, 0.3) is 0 Å². The lowest BCUT2D eigenvalue weighted by molar-refractivity contribution is 0.0743. The number of aromatic amines is 1. The summed E-state index contributed by atoms with van der Waals surface area (Å²) in [6, 6.07) is 0. The summed E-state index contributed by atoms with van der Waals surface area (Å²) in [5.41, 5.74) is 3.52. The maximum atomic E-state index is 9.71. The molecule has 1 aromatic rings. The number of H-pyrrole nitrogens is 1. The summed E-state index contributed by atoms with van der Waals surface area (Å²) in [5.74, 6) is 0.389. The van der Waals surface area contributed by atoms with Gasteiger partial charge in [0.1, 0.15) is 0 Å². The molecule has 1 aliphatic rings. The molecule has 0 amide bonds. The maximum Gasteiger partial charge on any atom is 0.0552 e. The van der Waals surface area contributed by atoms with E-state index in [1.165, 1.54) is 10.8 Å². The van der Waals surface area contributed by atoms with Crippen molar-refractivity contribution < 1.29 is 5.11 Å². The summed E-state index contributed by atoms with van der Waals surface area (Å²) in [6.45, 7) is 11.7. The number of hydrogen-bond acceptors (Lipinski definition) is 1. The number of aliphatic hydroxyl groups is 1. The van der Waals surface area contributed by atoms with Gasteiger partial charge >= 0.3 is 0 Å². The monoisotopic (exact) mass is 295 g/mol. The molecule has 2 heteroatoms. The Kier molecular flexibility index (Phi) is 5.40. The van der Waals surface area contributed by atoms with Crippen LogP contribution in [0, 0.1) is 0 Å². The van der Waals surface area contributed by atoms with Crippen LogP contribution in [0.2, 0.25) is 0 Å². The molecule has 1 heterocycles. The highest BCUT2D eigenvalue weighted by atomic mass is 16.3. The third kappa shape index (κ3) is 3.07. The van der Waals surface area contributed by atoms with Gasteiger partial charge in [0, 0.05) is 16.3 Å². The molecule has 0 unspecified atom stereocenters. The molecule has 0 aromatic carbocycles. The summed E-state index contributed by atoms with van der Waals surface area (Å²) < 4.78 is 0. The normalized spacial score (nSPS) is 23.9. The SMILES string of the molecule is C=C/C=c1/c(C2CC(O)C2)c(C(/C=C\C)=C/C=C)[nH]/c1=C/C. The third-order valence-corrected chi connectivity index (χ3v) is 4.14. The van der Waals surface area contributed by atoms with Crippen molar-refractivity contribution in [3.63, 3.8) is 0 Å². The minimum absolute atomic E-state index is 0.174. The highest BCUT2D eigenvalue weighted by Crippen LogP contribution is 2.38. The lowest BCUT2D eigenvalue weighted by Gasteiger charge is -2.32. The zero-order chi connectivity index (χ0) is 16.1. The Hall–Kier alpha value is -2.06. The van der Waals surface area contributed by atoms with E-state index in [1.807, 2.05) is 38.2 Å². The fraction of sp³-hybridized carbons (Fsp3) is 0.300. The molecule has 0 aliphatic heterocycles. The molecule has 116 valence electrons. The highest BCUT2D eigenvalue weighted by molar-refractivity contribution is 5.76. The van der Waals surface area contributed by atoms with Crippen molar-refractivity contribution >= 4 is 17.7 Å². The lowest BCUT2D eigenvalue weighted by Crippen LogP contribution is -2.33. The first-order valence-corrected chi connectivity index (χ1v) is 7.81. The predicted octanol–water partition coefficient (Wildman–Crippen LogP) is 3.17. The second kappa shape index (κ2) is 7.28. The number of aromatic nitrogens is 1. The summed E-state index contributed by atoms with van der Waals surface area (Å²) in [4.78, 5) is 3.54. The Morgan fingerprint density at radius 3 is 2.45 bits per heavy atom. The molecule has 0 spiro atoms. The predicted molar refractivity (Wildman–Crippen MR) is 95.8 cm³/mol. The zero-order valence-corrected chi connectivity index (χ0v) is 13.5. The van der Waals surface area contributed by atoms with E-state index < -0.39 is 0 Å². The van der Waals surface area contributed by atoms with E-state index >= 15 is 0 Å². The van der Waals surface area contributed by atoms with Gasteiger partial charge in [-0.1, -0.05) is 55.7 Å². The number of aliphatic hydroxyl groups excluding tert-OH is 1. The highest BCUT2D eigenvalue weighted by Gasteiger charge is 2.32. The molecular formula is C20H25NO. The van der Waals surface area contributed by atoms with Crippen LogP contribution in [0.4, 0.5) is 0 Å². The minimum atomic E-state index is -0.174. The Balaban J connectivity index is 2.73. The van der Waals surface area contributed by atoms with Gasteiger partial charge in [0.15, 0.2) is 0 Å². The third-order valence-electron chi connectivity index (χ3n) is 4.14. The van der Waals surface area contributed by atoms with E-state index in [0.717, 1.165) is 29.5 Å². The van der Waals surface area contributed by atoms with Crippen LogP contribution in [0.15, 0.2) is 43.5 Å². The van der Waals surface area contributed by atoms with Gasteiger partial charge in [0.05, 0.1) is 6.10 Å². The molecular weight excluding hydrogens is 270 g/mol. The quantitative estimate of drug-likeness (QED) is 0.804. The van der Waals surface area contributed by atoms with Crippen LogP contribution in [0.3, 0.4) is 0 Å². The Morgan fingerprint density at radius 2 is 1.95 bits per heavy atom. The van der Waals surface area contributed by atoms with E-state index in [1.54, 1.807) is 0 Å². The van der Waals surface area contributed by atoms with Crippen LogP contribution in [0.1, 0.15) is 43.9 Å². The maximum absolute atomic E-state index is 9.71. The fourth-order valence-corrected chi connectivity index (χ4v) is 3.08. The van der Waals surface area contributed by atoms with E-state index in [4.69, 9.17) is 0 Å². The molecule has 2 rings (SSSR count). The topological polar surface area (TPSA) is 36.0 Å². The van der Waals surface area contributed by atoms with Gasteiger partial charge in [-0.3, -0.25) is 0 Å². The number of rotatable bonds is 5. The summed E-state index contributed by atoms with van der Waals surface area (Å²) in [6.07, 6.45) is 15.4. The molecule has 0 atom stereocenters. The molecule has 1 aromatic heterocycles. The average molecular weight is 295 g/mol. The molecule has 22 heavy (non-hydrogen) atoms. The first kappa shape index (κ1) is 16.3. The Morgan fingerprint density at radius 1 is 1.23 bits per heavy atom. The first-order chi connectivity index (χ1) is 10.7. The molecule has 1 saturated carbocycles.